The van der Waals surface area contributed by atoms with E-state index in [2.05, 4.69) is 20.0 Å². The molecule has 0 aromatic heterocycles. The summed E-state index contributed by atoms with van der Waals surface area (Å²) >= 11 is 0.908. The molecule has 60 valence electrons. The van der Waals surface area contributed by atoms with E-state index in [9.17, 15) is 4.79 Å². The molecule has 2 aliphatic heterocycles. The number of hydrogen-bond acceptors (Lipinski definition) is 5. The summed E-state index contributed by atoms with van der Waals surface area (Å²) in [5.74, 6) is 0.294. The number of carbonyl (C=O) groups excluding carboxylic acids is 1. The third kappa shape index (κ3) is 1.08. The van der Waals surface area contributed by atoms with Gasteiger partial charge in [0.05, 0.1) is 6.21 Å². The van der Waals surface area contributed by atoms with Crippen molar-refractivity contribution in [3.63, 3.8) is 0 Å². The van der Waals surface area contributed by atoms with Crippen molar-refractivity contribution in [2.45, 2.75) is 0 Å². The summed E-state index contributed by atoms with van der Waals surface area (Å²) in [7, 11) is 0. The molecule has 2 amide bonds. The molecule has 12 heavy (non-hydrogen) atoms. The Balaban J connectivity index is 2.41. The molecule has 0 fully saturated rings. The molecule has 2 aliphatic rings. The van der Waals surface area contributed by atoms with E-state index >= 15 is 0 Å². The van der Waals surface area contributed by atoms with E-state index in [1.807, 2.05) is 0 Å². The van der Waals surface area contributed by atoms with Crippen LogP contribution in [0.25, 0.3) is 0 Å². The minimum absolute atomic E-state index is 0.294. The van der Waals surface area contributed by atoms with Gasteiger partial charge in [-0.25, -0.2) is 9.79 Å². The van der Waals surface area contributed by atoms with Gasteiger partial charge in [-0.3, -0.25) is 5.14 Å². The quantitative estimate of drug-likeness (QED) is 0.533. The Bertz CT molecular complexity index is 366. The number of nitrogens with zero attached hydrogens (tertiary/aromatic N) is 4. The summed E-state index contributed by atoms with van der Waals surface area (Å²) in [5, 5.41) is 5.61. The number of hydrogen-bond donors (Lipinski definition) is 1. The van der Waals surface area contributed by atoms with Gasteiger partial charge in [0.15, 0.2) is 5.84 Å². The number of fused-ring (bicyclic) bond motifs is 1. The SMILES string of the molecule is NSC1=NC2=NC(=O)N=CC2=N1. The maximum Gasteiger partial charge on any atom is 0.369 e. The molecule has 0 saturated heterocycles. The second-order valence-electron chi connectivity index (χ2n) is 1.99. The zero-order chi connectivity index (χ0) is 8.55. The van der Waals surface area contributed by atoms with Crippen LogP contribution in [0, 0.1) is 0 Å². The van der Waals surface area contributed by atoms with E-state index < -0.39 is 6.03 Å². The van der Waals surface area contributed by atoms with Crippen LogP contribution >= 0.6 is 11.9 Å². The molecule has 0 atom stereocenters. The average Bonchev–Trinajstić information content (AvgIpc) is 2.46. The summed E-state index contributed by atoms with van der Waals surface area (Å²) in [5.41, 5.74) is 0.488. The lowest BCUT2D eigenvalue weighted by Crippen LogP contribution is -2.16. The van der Waals surface area contributed by atoms with Gasteiger partial charge < -0.3 is 0 Å². The molecule has 0 bridgehead atoms. The van der Waals surface area contributed by atoms with Crippen molar-refractivity contribution in [1.29, 1.82) is 0 Å². The van der Waals surface area contributed by atoms with Crippen molar-refractivity contribution in [2.24, 2.45) is 25.1 Å². The molecule has 0 aromatic carbocycles. The van der Waals surface area contributed by atoms with Crippen LogP contribution in [0.3, 0.4) is 0 Å². The lowest BCUT2D eigenvalue weighted by atomic mass is 10.3. The molecule has 7 heteroatoms. The first-order chi connectivity index (χ1) is 5.79. The van der Waals surface area contributed by atoms with E-state index in [1.165, 1.54) is 6.21 Å². The van der Waals surface area contributed by atoms with Crippen LogP contribution in [0.2, 0.25) is 0 Å². The molecule has 2 heterocycles. The van der Waals surface area contributed by atoms with E-state index in [-0.39, 0.29) is 0 Å². The molecule has 0 aromatic rings. The minimum atomic E-state index is -0.559. The van der Waals surface area contributed by atoms with Gasteiger partial charge >= 0.3 is 6.03 Å². The van der Waals surface area contributed by atoms with Crippen LogP contribution in [0.15, 0.2) is 20.0 Å². The maximum absolute atomic E-state index is 10.7. The Hall–Kier alpha value is -1.34. The highest BCUT2D eigenvalue weighted by Crippen LogP contribution is 2.09. The zero-order valence-electron chi connectivity index (χ0n) is 5.76. The van der Waals surface area contributed by atoms with Crippen molar-refractivity contribution in [3.8, 4) is 0 Å². The Morgan fingerprint density at radius 1 is 1.33 bits per heavy atom. The molecule has 2 N–H and O–H groups in total. The van der Waals surface area contributed by atoms with Crippen molar-refractivity contribution >= 4 is 40.9 Å². The lowest BCUT2D eigenvalue weighted by molar-refractivity contribution is 0.257. The monoisotopic (exact) mass is 181 g/mol. The Morgan fingerprint density at radius 2 is 2.17 bits per heavy atom. The van der Waals surface area contributed by atoms with Crippen LogP contribution in [-0.2, 0) is 0 Å². The second kappa shape index (κ2) is 2.61. The third-order valence-corrected chi connectivity index (χ3v) is 1.64. The number of carbonyl (C=O) groups is 1. The first kappa shape index (κ1) is 7.32. The van der Waals surface area contributed by atoms with Gasteiger partial charge in [-0.05, 0) is 11.9 Å². The van der Waals surface area contributed by atoms with Crippen molar-refractivity contribution in [1.82, 2.24) is 0 Å². The highest BCUT2D eigenvalue weighted by molar-refractivity contribution is 8.12. The Labute approximate surface area is 71.5 Å². The highest BCUT2D eigenvalue weighted by atomic mass is 32.2. The third-order valence-electron chi connectivity index (χ3n) is 1.25. The topological polar surface area (TPSA) is 92.5 Å². The van der Waals surface area contributed by atoms with E-state index in [0.29, 0.717) is 16.7 Å². The first-order valence-corrected chi connectivity index (χ1v) is 3.89. The molecular weight excluding hydrogens is 178 g/mol. The first-order valence-electron chi connectivity index (χ1n) is 3.01. The summed E-state index contributed by atoms with van der Waals surface area (Å²) in [6.07, 6.45) is 1.33. The molecule has 0 radical (unpaired) electrons. The van der Waals surface area contributed by atoms with Crippen molar-refractivity contribution in [3.05, 3.63) is 0 Å². The summed E-state index contributed by atoms with van der Waals surface area (Å²) in [4.78, 5) is 25.4. The predicted octanol–water partition coefficient (Wildman–Crippen LogP) is 0.00680. The standard InChI is InChI=1S/C5H3N5OS/c6-12-5-8-2-1-7-4(11)9-3(2)10-5/h1H,6H2. The average molecular weight is 181 g/mol. The van der Waals surface area contributed by atoms with Crippen LogP contribution in [0.4, 0.5) is 4.79 Å². The van der Waals surface area contributed by atoms with Crippen LogP contribution in [-0.4, -0.2) is 29.0 Å². The van der Waals surface area contributed by atoms with Gasteiger partial charge in [0.1, 0.15) is 5.71 Å². The Morgan fingerprint density at radius 3 is 2.92 bits per heavy atom. The number of amidine groups is 2. The minimum Gasteiger partial charge on any atom is -0.271 e. The normalized spacial score (nSPS) is 20.1. The fourth-order valence-electron chi connectivity index (χ4n) is 0.783. The summed E-state index contributed by atoms with van der Waals surface area (Å²) in [6, 6.07) is -0.559. The van der Waals surface area contributed by atoms with Crippen LogP contribution in [0.1, 0.15) is 0 Å². The van der Waals surface area contributed by atoms with E-state index in [0.717, 1.165) is 11.9 Å². The number of nitrogens with two attached hydrogens (primary N) is 1. The van der Waals surface area contributed by atoms with Gasteiger partial charge in [-0.1, -0.05) is 0 Å². The fourth-order valence-corrected chi connectivity index (χ4v) is 1.07. The van der Waals surface area contributed by atoms with E-state index in [4.69, 9.17) is 5.14 Å². The predicted molar refractivity (Wildman–Crippen MR) is 48.0 cm³/mol. The molecule has 6 nitrogen and oxygen atoms in total. The van der Waals surface area contributed by atoms with Gasteiger partial charge in [0, 0.05) is 0 Å². The number of aliphatic imine (C=N–C) groups is 4. The molecule has 0 spiro atoms. The second-order valence-corrected chi connectivity index (χ2v) is 2.59. The number of rotatable bonds is 0. The molecule has 2 rings (SSSR count). The lowest BCUT2D eigenvalue weighted by Gasteiger charge is -1.95. The molecular formula is C5H3N5OS. The smallest absolute Gasteiger partial charge is 0.271 e. The highest BCUT2D eigenvalue weighted by Gasteiger charge is 2.20. The van der Waals surface area contributed by atoms with Gasteiger partial charge in [0.25, 0.3) is 0 Å². The largest absolute Gasteiger partial charge is 0.369 e. The molecule has 0 saturated carbocycles. The number of urea groups is 1. The summed E-state index contributed by atoms with van der Waals surface area (Å²) in [6.45, 7) is 0. The van der Waals surface area contributed by atoms with Crippen LogP contribution < -0.4 is 5.14 Å². The number of amides is 2. The summed E-state index contributed by atoms with van der Waals surface area (Å²) < 4.78 is 0. The molecule has 0 aliphatic carbocycles. The zero-order valence-corrected chi connectivity index (χ0v) is 6.58. The molecule has 0 unspecified atom stereocenters. The van der Waals surface area contributed by atoms with Crippen molar-refractivity contribution in [2.75, 3.05) is 0 Å². The van der Waals surface area contributed by atoms with Gasteiger partial charge in [0.2, 0.25) is 5.17 Å². The van der Waals surface area contributed by atoms with E-state index in [1.54, 1.807) is 0 Å². The Kier molecular flexibility index (Phi) is 1.59. The van der Waals surface area contributed by atoms with Crippen molar-refractivity contribution < 1.29 is 4.79 Å². The van der Waals surface area contributed by atoms with Crippen LogP contribution in [0.5, 0.6) is 0 Å². The maximum atomic E-state index is 10.7. The van der Waals surface area contributed by atoms with Gasteiger partial charge in [-0.15, -0.1) is 0 Å². The fraction of sp³-hybridized carbons (Fsp3) is 0. The van der Waals surface area contributed by atoms with Gasteiger partial charge in [-0.2, -0.15) is 15.0 Å².